The number of carbonyl (C=O) groups excluding carboxylic acids is 1. The van der Waals surface area contributed by atoms with Crippen molar-refractivity contribution in [3.05, 3.63) is 59.5 Å². The lowest BCUT2D eigenvalue weighted by molar-refractivity contribution is 0.0704. The summed E-state index contributed by atoms with van der Waals surface area (Å²) in [7, 11) is 1.63. The van der Waals surface area contributed by atoms with E-state index < -0.39 is 0 Å². The SMILES string of the molecule is COc1cc(C(=O)N2CCC[C@@H](c3nnc4ccccn34)C2)ccc1C. The Morgan fingerprint density at radius 3 is 2.96 bits per heavy atom. The molecule has 0 bridgehead atoms. The van der Waals surface area contributed by atoms with Crippen LogP contribution >= 0.6 is 0 Å². The van der Waals surface area contributed by atoms with E-state index in [4.69, 9.17) is 4.74 Å². The summed E-state index contributed by atoms with van der Waals surface area (Å²) in [6, 6.07) is 11.5. The van der Waals surface area contributed by atoms with Crippen LogP contribution in [-0.2, 0) is 0 Å². The van der Waals surface area contributed by atoms with Crippen molar-refractivity contribution < 1.29 is 9.53 Å². The van der Waals surface area contributed by atoms with Crippen molar-refractivity contribution >= 4 is 11.6 Å². The number of benzene rings is 1. The van der Waals surface area contributed by atoms with E-state index in [9.17, 15) is 4.79 Å². The van der Waals surface area contributed by atoms with Gasteiger partial charge in [-0.3, -0.25) is 9.20 Å². The van der Waals surface area contributed by atoms with E-state index in [0.717, 1.165) is 42.2 Å². The molecule has 0 aliphatic carbocycles. The number of likely N-dealkylation sites (tertiary alicyclic amines) is 1. The highest BCUT2D eigenvalue weighted by atomic mass is 16.5. The number of hydrogen-bond acceptors (Lipinski definition) is 4. The largest absolute Gasteiger partial charge is 0.496 e. The third kappa shape index (κ3) is 2.92. The second-order valence-corrected chi connectivity index (χ2v) is 6.76. The molecule has 6 heteroatoms. The lowest BCUT2D eigenvalue weighted by Crippen LogP contribution is -2.39. The Kier molecular flexibility index (Phi) is 4.32. The van der Waals surface area contributed by atoms with Crippen LogP contribution in [0.4, 0.5) is 0 Å². The molecule has 0 N–H and O–H groups in total. The van der Waals surface area contributed by atoms with E-state index in [1.165, 1.54) is 0 Å². The summed E-state index contributed by atoms with van der Waals surface area (Å²) in [5, 5.41) is 8.63. The van der Waals surface area contributed by atoms with Crippen LogP contribution in [-0.4, -0.2) is 45.6 Å². The Bertz CT molecular complexity index is 950. The van der Waals surface area contributed by atoms with Gasteiger partial charge in [-0.05, 0) is 49.6 Å². The molecule has 1 fully saturated rings. The molecule has 0 unspecified atom stereocenters. The van der Waals surface area contributed by atoms with Crippen molar-refractivity contribution in [3.63, 3.8) is 0 Å². The second kappa shape index (κ2) is 6.78. The maximum atomic E-state index is 13.0. The first kappa shape index (κ1) is 16.6. The zero-order chi connectivity index (χ0) is 18.1. The van der Waals surface area contributed by atoms with E-state index >= 15 is 0 Å². The smallest absolute Gasteiger partial charge is 0.254 e. The molecular formula is C20H22N4O2. The molecule has 0 radical (unpaired) electrons. The summed E-state index contributed by atoms with van der Waals surface area (Å²) in [5.41, 5.74) is 2.53. The molecule has 1 aromatic carbocycles. The van der Waals surface area contributed by atoms with Gasteiger partial charge in [0, 0.05) is 30.8 Å². The zero-order valence-corrected chi connectivity index (χ0v) is 15.1. The quantitative estimate of drug-likeness (QED) is 0.728. The van der Waals surface area contributed by atoms with Crippen LogP contribution in [0, 0.1) is 6.92 Å². The van der Waals surface area contributed by atoms with Gasteiger partial charge in [-0.2, -0.15) is 0 Å². The summed E-state index contributed by atoms with van der Waals surface area (Å²) in [6.07, 6.45) is 3.95. The lowest BCUT2D eigenvalue weighted by atomic mass is 9.96. The van der Waals surface area contributed by atoms with Gasteiger partial charge >= 0.3 is 0 Å². The van der Waals surface area contributed by atoms with Gasteiger partial charge in [0.15, 0.2) is 5.65 Å². The molecule has 1 aliphatic heterocycles. The number of carbonyl (C=O) groups is 1. The summed E-state index contributed by atoms with van der Waals surface area (Å²) >= 11 is 0. The van der Waals surface area contributed by atoms with Gasteiger partial charge in [0.05, 0.1) is 7.11 Å². The fourth-order valence-electron chi connectivity index (χ4n) is 3.65. The number of aryl methyl sites for hydroxylation is 1. The molecule has 1 atom stereocenters. The van der Waals surface area contributed by atoms with Crippen LogP contribution in [0.2, 0.25) is 0 Å². The molecule has 1 aliphatic rings. The second-order valence-electron chi connectivity index (χ2n) is 6.76. The number of methoxy groups -OCH3 is 1. The summed E-state index contributed by atoms with van der Waals surface area (Å²) < 4.78 is 7.38. The average molecular weight is 350 g/mol. The molecule has 1 amide bonds. The number of aromatic nitrogens is 3. The van der Waals surface area contributed by atoms with Crippen LogP contribution < -0.4 is 4.74 Å². The topological polar surface area (TPSA) is 59.7 Å². The number of amides is 1. The Morgan fingerprint density at radius 1 is 1.23 bits per heavy atom. The van der Waals surface area contributed by atoms with Gasteiger partial charge in [-0.15, -0.1) is 10.2 Å². The third-order valence-corrected chi connectivity index (χ3v) is 5.07. The molecule has 1 saturated heterocycles. The summed E-state index contributed by atoms with van der Waals surface area (Å²) in [4.78, 5) is 14.9. The normalized spacial score (nSPS) is 17.5. The van der Waals surface area contributed by atoms with Crippen molar-refractivity contribution in [3.8, 4) is 5.75 Å². The lowest BCUT2D eigenvalue weighted by Gasteiger charge is -2.32. The minimum atomic E-state index is 0.0434. The molecular weight excluding hydrogens is 328 g/mol. The fourth-order valence-corrected chi connectivity index (χ4v) is 3.65. The Balaban J connectivity index is 1.57. The minimum Gasteiger partial charge on any atom is -0.496 e. The van der Waals surface area contributed by atoms with E-state index in [0.29, 0.717) is 12.1 Å². The first-order valence-corrected chi connectivity index (χ1v) is 8.91. The van der Waals surface area contributed by atoms with Crippen molar-refractivity contribution in [2.45, 2.75) is 25.7 Å². The molecule has 134 valence electrons. The van der Waals surface area contributed by atoms with Crippen LogP contribution in [0.3, 0.4) is 0 Å². The highest BCUT2D eigenvalue weighted by Crippen LogP contribution is 2.28. The monoisotopic (exact) mass is 350 g/mol. The summed E-state index contributed by atoms with van der Waals surface area (Å²) in [5.74, 6) is 1.91. The third-order valence-electron chi connectivity index (χ3n) is 5.07. The van der Waals surface area contributed by atoms with Crippen LogP contribution in [0.1, 0.15) is 40.5 Å². The number of hydrogen-bond donors (Lipinski definition) is 0. The van der Waals surface area contributed by atoms with Crippen LogP contribution in [0.15, 0.2) is 42.6 Å². The van der Waals surface area contributed by atoms with Gasteiger partial charge in [0.2, 0.25) is 0 Å². The highest BCUT2D eigenvalue weighted by Gasteiger charge is 2.28. The van der Waals surface area contributed by atoms with Gasteiger partial charge in [0.1, 0.15) is 11.6 Å². The maximum Gasteiger partial charge on any atom is 0.254 e. The van der Waals surface area contributed by atoms with Gasteiger partial charge in [-0.25, -0.2) is 0 Å². The minimum absolute atomic E-state index is 0.0434. The van der Waals surface area contributed by atoms with E-state index in [2.05, 4.69) is 10.2 Å². The molecule has 0 saturated carbocycles. The van der Waals surface area contributed by atoms with Crippen molar-refractivity contribution in [1.29, 1.82) is 0 Å². The Hall–Kier alpha value is -2.89. The van der Waals surface area contributed by atoms with E-state index in [1.54, 1.807) is 7.11 Å². The predicted molar refractivity (Wildman–Crippen MR) is 98.6 cm³/mol. The van der Waals surface area contributed by atoms with Crippen molar-refractivity contribution in [2.75, 3.05) is 20.2 Å². The average Bonchev–Trinajstić information content (AvgIpc) is 3.12. The van der Waals surface area contributed by atoms with Gasteiger partial charge < -0.3 is 9.64 Å². The number of ether oxygens (including phenoxy) is 1. The van der Waals surface area contributed by atoms with Crippen LogP contribution in [0.5, 0.6) is 5.75 Å². The number of pyridine rings is 1. The van der Waals surface area contributed by atoms with Crippen LogP contribution in [0.25, 0.3) is 5.65 Å². The highest BCUT2D eigenvalue weighted by molar-refractivity contribution is 5.94. The molecule has 3 aromatic rings. The molecule has 0 spiro atoms. The van der Waals surface area contributed by atoms with Gasteiger partial charge in [0.25, 0.3) is 5.91 Å². The zero-order valence-electron chi connectivity index (χ0n) is 15.1. The number of piperidine rings is 1. The summed E-state index contributed by atoms with van der Waals surface area (Å²) in [6.45, 7) is 3.40. The van der Waals surface area contributed by atoms with Crippen molar-refractivity contribution in [1.82, 2.24) is 19.5 Å². The molecule has 3 heterocycles. The standard InChI is InChI=1S/C20H22N4O2/c1-14-8-9-15(12-17(14)26-2)20(25)23-10-5-6-16(13-23)19-22-21-18-7-3-4-11-24(18)19/h3-4,7-9,11-12,16H,5-6,10,13H2,1-2H3/t16-/m1/s1. The maximum absolute atomic E-state index is 13.0. The molecule has 2 aromatic heterocycles. The first-order valence-electron chi connectivity index (χ1n) is 8.91. The predicted octanol–water partition coefficient (Wildman–Crippen LogP) is 3.07. The first-order chi connectivity index (χ1) is 12.7. The molecule has 6 nitrogen and oxygen atoms in total. The number of nitrogens with zero attached hydrogens (tertiary/aromatic N) is 4. The Morgan fingerprint density at radius 2 is 2.12 bits per heavy atom. The number of fused-ring (bicyclic) bond motifs is 1. The molecule has 4 rings (SSSR count). The molecule has 26 heavy (non-hydrogen) atoms. The Labute approximate surface area is 152 Å². The van der Waals surface area contributed by atoms with Gasteiger partial charge in [-0.1, -0.05) is 12.1 Å². The van der Waals surface area contributed by atoms with E-state index in [1.807, 2.05) is 58.8 Å². The fraction of sp³-hybridized carbons (Fsp3) is 0.350. The van der Waals surface area contributed by atoms with E-state index in [-0.39, 0.29) is 11.8 Å². The number of rotatable bonds is 3. The van der Waals surface area contributed by atoms with Crippen molar-refractivity contribution in [2.24, 2.45) is 0 Å².